The third-order valence-electron chi connectivity index (χ3n) is 6.28. The van der Waals surface area contributed by atoms with E-state index < -0.39 is 5.41 Å². The smallest absolute Gasteiger partial charge is 0.251 e. The number of rotatable bonds is 5. The summed E-state index contributed by atoms with van der Waals surface area (Å²) in [6.45, 7) is 5.50. The SMILES string of the molecule is CC(C)(C)C(=O)Nc1cc(C(=O)NC2CCCCC2)cc(C(=O)NC2CCCCC2)c1. The van der Waals surface area contributed by atoms with Crippen molar-refractivity contribution in [3.05, 3.63) is 29.3 Å². The third-order valence-corrected chi connectivity index (χ3v) is 6.28. The molecule has 0 bridgehead atoms. The van der Waals surface area contributed by atoms with Gasteiger partial charge in [0, 0.05) is 34.3 Å². The standard InChI is InChI=1S/C25H37N3O3/c1-25(2,3)24(31)28-21-15-17(22(29)26-19-10-6-4-7-11-19)14-18(16-21)23(30)27-20-12-8-5-9-13-20/h14-16,19-20H,4-13H2,1-3H3,(H,26,29)(H,27,30)(H,28,31). The minimum atomic E-state index is -0.578. The summed E-state index contributed by atoms with van der Waals surface area (Å²) in [6, 6.07) is 5.32. The number of amides is 3. The molecule has 0 heterocycles. The van der Waals surface area contributed by atoms with E-state index in [4.69, 9.17) is 0 Å². The minimum Gasteiger partial charge on any atom is -0.349 e. The molecule has 3 rings (SSSR count). The monoisotopic (exact) mass is 427 g/mol. The molecule has 2 fully saturated rings. The van der Waals surface area contributed by atoms with E-state index in [-0.39, 0.29) is 29.8 Å². The van der Waals surface area contributed by atoms with Gasteiger partial charge in [0.1, 0.15) is 0 Å². The summed E-state index contributed by atoms with van der Waals surface area (Å²) >= 11 is 0. The van der Waals surface area contributed by atoms with Crippen LogP contribution in [0, 0.1) is 5.41 Å². The fraction of sp³-hybridized carbons (Fsp3) is 0.640. The fourth-order valence-electron chi connectivity index (χ4n) is 4.31. The number of carbonyl (C=O) groups is 3. The van der Waals surface area contributed by atoms with Gasteiger partial charge in [-0.2, -0.15) is 0 Å². The fourth-order valence-corrected chi connectivity index (χ4v) is 4.31. The molecule has 170 valence electrons. The largest absolute Gasteiger partial charge is 0.349 e. The van der Waals surface area contributed by atoms with Crippen LogP contribution in [0.5, 0.6) is 0 Å². The van der Waals surface area contributed by atoms with E-state index in [0.29, 0.717) is 16.8 Å². The first-order chi connectivity index (χ1) is 14.7. The molecule has 6 nitrogen and oxygen atoms in total. The van der Waals surface area contributed by atoms with Crippen molar-refractivity contribution >= 4 is 23.4 Å². The van der Waals surface area contributed by atoms with Gasteiger partial charge in [-0.05, 0) is 43.9 Å². The normalized spacial score (nSPS) is 18.3. The topological polar surface area (TPSA) is 87.3 Å². The molecule has 31 heavy (non-hydrogen) atoms. The average Bonchev–Trinajstić information content (AvgIpc) is 2.74. The Morgan fingerprint density at radius 1 is 0.710 bits per heavy atom. The maximum Gasteiger partial charge on any atom is 0.251 e. The molecular formula is C25H37N3O3. The van der Waals surface area contributed by atoms with Crippen molar-refractivity contribution < 1.29 is 14.4 Å². The van der Waals surface area contributed by atoms with Gasteiger partial charge < -0.3 is 16.0 Å². The van der Waals surface area contributed by atoms with Crippen molar-refractivity contribution in [1.82, 2.24) is 10.6 Å². The second-order valence-electron chi connectivity index (χ2n) is 10.1. The van der Waals surface area contributed by atoms with Gasteiger partial charge in [-0.3, -0.25) is 14.4 Å². The lowest BCUT2D eigenvalue weighted by Crippen LogP contribution is -2.37. The minimum absolute atomic E-state index is 0.157. The molecular weight excluding hydrogens is 390 g/mol. The Morgan fingerprint density at radius 3 is 1.52 bits per heavy atom. The van der Waals surface area contributed by atoms with Crippen LogP contribution in [0.4, 0.5) is 5.69 Å². The highest BCUT2D eigenvalue weighted by atomic mass is 16.2. The van der Waals surface area contributed by atoms with Crippen molar-refractivity contribution in [2.24, 2.45) is 5.41 Å². The Balaban J connectivity index is 1.81. The third kappa shape index (κ3) is 6.81. The lowest BCUT2D eigenvalue weighted by atomic mass is 9.94. The van der Waals surface area contributed by atoms with Crippen LogP contribution in [-0.4, -0.2) is 29.8 Å². The van der Waals surface area contributed by atoms with Gasteiger partial charge in [0.2, 0.25) is 5.91 Å². The van der Waals surface area contributed by atoms with Crippen molar-refractivity contribution in [3.63, 3.8) is 0 Å². The Kier molecular flexibility index (Phi) is 7.74. The Bertz CT molecular complexity index is 750. The Morgan fingerprint density at radius 2 is 1.13 bits per heavy atom. The number of hydrogen-bond acceptors (Lipinski definition) is 3. The Labute approximate surface area is 185 Å². The van der Waals surface area contributed by atoms with Crippen LogP contribution in [0.25, 0.3) is 0 Å². The number of hydrogen-bond donors (Lipinski definition) is 3. The van der Waals surface area contributed by atoms with Crippen LogP contribution in [0.3, 0.4) is 0 Å². The first-order valence-corrected chi connectivity index (χ1v) is 11.8. The predicted molar refractivity (Wildman–Crippen MR) is 123 cm³/mol. The van der Waals surface area contributed by atoms with Gasteiger partial charge in [0.15, 0.2) is 0 Å². The van der Waals surface area contributed by atoms with E-state index in [2.05, 4.69) is 16.0 Å². The first kappa shape index (κ1) is 23.3. The summed E-state index contributed by atoms with van der Waals surface area (Å²) in [7, 11) is 0. The molecule has 0 spiro atoms. The molecule has 0 aliphatic heterocycles. The van der Waals surface area contributed by atoms with Gasteiger partial charge >= 0.3 is 0 Å². The van der Waals surface area contributed by atoms with Gasteiger partial charge in [-0.15, -0.1) is 0 Å². The van der Waals surface area contributed by atoms with E-state index in [0.717, 1.165) is 51.4 Å². The summed E-state index contributed by atoms with van der Waals surface area (Å²) in [4.78, 5) is 38.4. The lowest BCUT2D eigenvalue weighted by molar-refractivity contribution is -0.123. The van der Waals surface area contributed by atoms with E-state index in [1.165, 1.54) is 12.8 Å². The van der Waals surface area contributed by atoms with Crippen molar-refractivity contribution in [1.29, 1.82) is 0 Å². The zero-order valence-corrected chi connectivity index (χ0v) is 19.2. The van der Waals surface area contributed by atoms with Gasteiger partial charge in [0.05, 0.1) is 0 Å². The van der Waals surface area contributed by atoms with Crippen LogP contribution in [0.1, 0.15) is 106 Å². The van der Waals surface area contributed by atoms with E-state index in [1.54, 1.807) is 18.2 Å². The maximum atomic E-state index is 13.0. The number of carbonyl (C=O) groups excluding carboxylic acids is 3. The highest BCUT2D eigenvalue weighted by molar-refractivity contribution is 6.03. The number of anilines is 1. The number of benzene rings is 1. The molecule has 2 aliphatic carbocycles. The zero-order chi connectivity index (χ0) is 22.4. The van der Waals surface area contributed by atoms with Crippen molar-refractivity contribution in [2.75, 3.05) is 5.32 Å². The van der Waals surface area contributed by atoms with Gasteiger partial charge in [-0.1, -0.05) is 59.3 Å². The highest BCUT2D eigenvalue weighted by Crippen LogP contribution is 2.23. The zero-order valence-electron chi connectivity index (χ0n) is 19.2. The van der Waals surface area contributed by atoms with Crippen molar-refractivity contribution in [3.8, 4) is 0 Å². The highest BCUT2D eigenvalue weighted by Gasteiger charge is 2.24. The lowest BCUT2D eigenvalue weighted by Gasteiger charge is -2.24. The van der Waals surface area contributed by atoms with E-state index in [9.17, 15) is 14.4 Å². The maximum absolute atomic E-state index is 13.0. The second kappa shape index (κ2) is 10.3. The first-order valence-electron chi connectivity index (χ1n) is 11.8. The van der Waals surface area contributed by atoms with Crippen molar-refractivity contribution in [2.45, 2.75) is 97.1 Å². The van der Waals surface area contributed by atoms with Gasteiger partial charge in [-0.25, -0.2) is 0 Å². The summed E-state index contributed by atoms with van der Waals surface area (Å²) in [6.07, 6.45) is 10.9. The molecule has 1 aromatic carbocycles. The molecule has 2 saturated carbocycles. The molecule has 0 radical (unpaired) electrons. The molecule has 6 heteroatoms. The molecule has 3 amide bonds. The quantitative estimate of drug-likeness (QED) is 0.631. The molecule has 1 aromatic rings. The summed E-state index contributed by atoms with van der Waals surface area (Å²) in [5, 5.41) is 9.10. The van der Waals surface area contributed by atoms with Crippen LogP contribution >= 0.6 is 0 Å². The van der Waals surface area contributed by atoms with Crippen LogP contribution < -0.4 is 16.0 Å². The molecule has 0 atom stereocenters. The number of nitrogens with one attached hydrogen (secondary N) is 3. The summed E-state index contributed by atoms with van der Waals surface area (Å²) < 4.78 is 0. The summed E-state index contributed by atoms with van der Waals surface area (Å²) in [5.41, 5.74) is 0.715. The summed E-state index contributed by atoms with van der Waals surface area (Å²) in [5.74, 6) is -0.535. The Hall–Kier alpha value is -2.37. The predicted octanol–water partition coefficient (Wildman–Crippen LogP) is 4.80. The molecule has 3 N–H and O–H groups in total. The van der Waals surface area contributed by atoms with Gasteiger partial charge in [0.25, 0.3) is 11.8 Å². The van der Waals surface area contributed by atoms with Crippen LogP contribution in [-0.2, 0) is 4.79 Å². The average molecular weight is 428 g/mol. The molecule has 2 aliphatic rings. The molecule has 0 saturated heterocycles. The molecule has 0 unspecified atom stereocenters. The second-order valence-corrected chi connectivity index (χ2v) is 10.1. The molecule has 0 aromatic heterocycles. The van der Waals surface area contributed by atoms with Crippen LogP contribution in [0.2, 0.25) is 0 Å². The van der Waals surface area contributed by atoms with E-state index >= 15 is 0 Å². The van der Waals surface area contributed by atoms with E-state index in [1.807, 2.05) is 20.8 Å². The van der Waals surface area contributed by atoms with Crippen LogP contribution in [0.15, 0.2) is 18.2 Å².